The van der Waals surface area contributed by atoms with Gasteiger partial charge in [0.2, 0.25) is 0 Å². The minimum atomic E-state index is -0.212. The highest BCUT2D eigenvalue weighted by atomic mass is 127. The van der Waals surface area contributed by atoms with E-state index in [0.717, 1.165) is 18.9 Å². The Morgan fingerprint density at radius 3 is 2.45 bits per heavy atom. The highest BCUT2D eigenvalue weighted by molar-refractivity contribution is 14.1. The summed E-state index contributed by atoms with van der Waals surface area (Å²) in [5.74, 6) is 0.326. The number of pyridine rings is 1. The fourth-order valence-corrected chi connectivity index (χ4v) is 4.64. The molecule has 0 saturated heterocycles. The van der Waals surface area contributed by atoms with Crippen LogP contribution in [0.25, 0.3) is 38.9 Å². The lowest BCUT2D eigenvalue weighted by Crippen LogP contribution is -2.26. The second-order valence-electron chi connectivity index (χ2n) is 7.20. The van der Waals surface area contributed by atoms with E-state index in [2.05, 4.69) is 38.5 Å². The molecule has 7 heteroatoms. The van der Waals surface area contributed by atoms with Crippen LogP contribution in [0.2, 0.25) is 0 Å². The molecular weight excluding hydrogens is 569 g/mol. The fourth-order valence-electron chi connectivity index (χ4n) is 3.77. The van der Waals surface area contributed by atoms with Gasteiger partial charge in [0, 0.05) is 20.5 Å². The van der Waals surface area contributed by atoms with Gasteiger partial charge in [-0.05, 0) is 77.2 Å². The van der Waals surface area contributed by atoms with Crippen molar-refractivity contribution in [3.8, 4) is 17.1 Å². The number of halogens is 2. The molecule has 0 unspecified atom stereocenters. The first-order valence-electron chi connectivity index (χ1n) is 9.51. The smallest absolute Gasteiger partial charge is 0.266 e. The van der Waals surface area contributed by atoms with E-state index in [9.17, 15) is 9.59 Å². The molecule has 0 aliphatic carbocycles. The SMILES string of the molecule is Cn1c(=O)c(-c2nc3ccc(I)cc3c(=O)n2-c2ccccc2)cc2cc(Br)ccc21. The summed E-state index contributed by atoms with van der Waals surface area (Å²) in [7, 11) is 1.73. The molecule has 0 aliphatic rings. The standard InChI is InChI=1S/C24H15BrIN3O2/c1-28-21-10-7-15(25)11-14(21)12-19(23(28)30)22-27-20-9-8-16(26)13-18(20)24(31)29(22)17-5-3-2-4-6-17/h2-13H,1H3. The number of aryl methyl sites for hydroxylation is 1. The Labute approximate surface area is 199 Å². The van der Waals surface area contributed by atoms with Crippen LogP contribution in [0.4, 0.5) is 0 Å². The molecule has 3 aromatic carbocycles. The zero-order valence-corrected chi connectivity index (χ0v) is 20.1. The zero-order valence-electron chi connectivity index (χ0n) is 16.3. The van der Waals surface area contributed by atoms with Crippen molar-refractivity contribution in [2.24, 2.45) is 7.05 Å². The molecule has 0 aliphatic heterocycles. The molecule has 0 spiro atoms. The van der Waals surface area contributed by atoms with Crippen molar-refractivity contribution in [3.63, 3.8) is 0 Å². The summed E-state index contributed by atoms with van der Waals surface area (Å²) in [6.07, 6.45) is 0. The number of hydrogen-bond acceptors (Lipinski definition) is 3. The normalized spacial score (nSPS) is 11.3. The maximum Gasteiger partial charge on any atom is 0.266 e. The van der Waals surface area contributed by atoms with Gasteiger partial charge in [0.25, 0.3) is 11.1 Å². The van der Waals surface area contributed by atoms with Crippen LogP contribution in [-0.4, -0.2) is 14.1 Å². The number of aromatic nitrogens is 3. The molecule has 0 radical (unpaired) electrons. The molecule has 0 fully saturated rings. The van der Waals surface area contributed by atoms with E-state index < -0.39 is 0 Å². The maximum absolute atomic E-state index is 13.6. The van der Waals surface area contributed by atoms with Crippen molar-refractivity contribution >= 4 is 60.3 Å². The Hall–Kier alpha value is -2.78. The Kier molecular flexibility index (Phi) is 5.02. The van der Waals surface area contributed by atoms with E-state index in [-0.39, 0.29) is 11.1 Å². The molecule has 0 saturated carbocycles. The first-order chi connectivity index (χ1) is 14.9. The van der Waals surface area contributed by atoms with Crippen LogP contribution in [0.5, 0.6) is 0 Å². The van der Waals surface area contributed by atoms with Crippen molar-refractivity contribution in [3.05, 3.63) is 102 Å². The molecule has 5 nitrogen and oxygen atoms in total. The third-order valence-electron chi connectivity index (χ3n) is 5.27. The molecule has 152 valence electrons. The summed E-state index contributed by atoms with van der Waals surface area (Å²) >= 11 is 5.68. The van der Waals surface area contributed by atoms with Crippen LogP contribution < -0.4 is 11.1 Å². The number of benzene rings is 3. The van der Waals surface area contributed by atoms with Crippen molar-refractivity contribution in [1.29, 1.82) is 0 Å². The molecule has 2 heterocycles. The molecule has 0 N–H and O–H groups in total. The molecule has 2 aromatic heterocycles. The van der Waals surface area contributed by atoms with Gasteiger partial charge in [0.15, 0.2) is 5.82 Å². The topological polar surface area (TPSA) is 56.9 Å². The first-order valence-corrected chi connectivity index (χ1v) is 11.4. The van der Waals surface area contributed by atoms with E-state index in [1.165, 1.54) is 4.57 Å². The van der Waals surface area contributed by atoms with Crippen LogP contribution in [0.15, 0.2) is 86.9 Å². The largest absolute Gasteiger partial charge is 0.311 e. The van der Waals surface area contributed by atoms with Crippen molar-refractivity contribution in [2.45, 2.75) is 0 Å². The molecule has 0 amide bonds. The quantitative estimate of drug-likeness (QED) is 0.266. The minimum Gasteiger partial charge on any atom is -0.311 e. The molecule has 31 heavy (non-hydrogen) atoms. The minimum absolute atomic E-state index is 0.207. The van der Waals surface area contributed by atoms with E-state index >= 15 is 0 Å². The molecule has 0 atom stereocenters. The summed E-state index contributed by atoms with van der Waals surface area (Å²) in [5, 5.41) is 1.39. The van der Waals surface area contributed by atoms with E-state index in [4.69, 9.17) is 4.98 Å². The average Bonchev–Trinajstić information content (AvgIpc) is 2.77. The van der Waals surface area contributed by atoms with Gasteiger partial charge in [-0.25, -0.2) is 4.98 Å². The van der Waals surface area contributed by atoms with Gasteiger partial charge in [-0.1, -0.05) is 34.1 Å². The van der Waals surface area contributed by atoms with Gasteiger partial charge >= 0.3 is 0 Å². The maximum atomic E-state index is 13.6. The van der Waals surface area contributed by atoms with E-state index in [1.807, 2.05) is 72.8 Å². The summed E-state index contributed by atoms with van der Waals surface area (Å²) in [6.45, 7) is 0. The summed E-state index contributed by atoms with van der Waals surface area (Å²) in [4.78, 5) is 31.7. The average molecular weight is 584 g/mol. The number of hydrogen-bond donors (Lipinski definition) is 0. The Morgan fingerprint density at radius 2 is 1.68 bits per heavy atom. The van der Waals surface area contributed by atoms with Gasteiger partial charge < -0.3 is 4.57 Å². The first kappa shape index (κ1) is 20.1. The lowest BCUT2D eigenvalue weighted by atomic mass is 10.1. The number of para-hydroxylation sites is 1. The predicted octanol–water partition coefficient (Wildman–Crippen LogP) is 5.27. The molecule has 5 aromatic rings. The predicted molar refractivity (Wildman–Crippen MR) is 136 cm³/mol. The van der Waals surface area contributed by atoms with Crippen LogP contribution in [0, 0.1) is 3.57 Å². The second kappa shape index (κ2) is 7.72. The van der Waals surface area contributed by atoms with Gasteiger partial charge in [-0.3, -0.25) is 14.2 Å². The highest BCUT2D eigenvalue weighted by Gasteiger charge is 2.19. The summed E-state index contributed by atoms with van der Waals surface area (Å²) < 4.78 is 4.98. The van der Waals surface area contributed by atoms with Crippen LogP contribution in [-0.2, 0) is 7.05 Å². The third kappa shape index (κ3) is 3.41. The number of rotatable bonds is 2. The lowest BCUT2D eigenvalue weighted by molar-refractivity contribution is 0.895. The van der Waals surface area contributed by atoms with Gasteiger partial charge in [-0.2, -0.15) is 0 Å². The zero-order chi connectivity index (χ0) is 21.7. The lowest BCUT2D eigenvalue weighted by Gasteiger charge is -2.15. The monoisotopic (exact) mass is 583 g/mol. The molecule has 5 rings (SSSR count). The van der Waals surface area contributed by atoms with Crippen LogP contribution >= 0.6 is 38.5 Å². The van der Waals surface area contributed by atoms with E-state index in [1.54, 1.807) is 11.6 Å². The Morgan fingerprint density at radius 1 is 0.903 bits per heavy atom. The second-order valence-corrected chi connectivity index (χ2v) is 9.36. The summed E-state index contributed by atoms with van der Waals surface area (Å²) in [6, 6.07) is 22.4. The van der Waals surface area contributed by atoms with E-state index in [0.29, 0.717) is 28.0 Å². The highest BCUT2D eigenvalue weighted by Crippen LogP contribution is 2.25. The fraction of sp³-hybridized carbons (Fsp3) is 0.0417. The van der Waals surface area contributed by atoms with Crippen LogP contribution in [0.3, 0.4) is 0 Å². The third-order valence-corrected chi connectivity index (χ3v) is 6.44. The van der Waals surface area contributed by atoms with Crippen molar-refractivity contribution in [2.75, 3.05) is 0 Å². The Bertz CT molecular complexity index is 1610. The summed E-state index contributed by atoms with van der Waals surface area (Å²) in [5.41, 5.74) is 1.98. The van der Waals surface area contributed by atoms with Gasteiger partial charge in [0.05, 0.1) is 27.7 Å². The van der Waals surface area contributed by atoms with Gasteiger partial charge in [-0.15, -0.1) is 0 Å². The molecule has 0 bridgehead atoms. The van der Waals surface area contributed by atoms with Crippen molar-refractivity contribution in [1.82, 2.24) is 14.1 Å². The van der Waals surface area contributed by atoms with Gasteiger partial charge in [0.1, 0.15) is 0 Å². The van der Waals surface area contributed by atoms with Crippen LogP contribution in [0.1, 0.15) is 0 Å². The number of fused-ring (bicyclic) bond motifs is 2. The Balaban J connectivity index is 1.95. The number of nitrogens with zero attached hydrogens (tertiary/aromatic N) is 3. The van der Waals surface area contributed by atoms with Crippen molar-refractivity contribution < 1.29 is 0 Å². The molecular formula is C24H15BrIN3O2.